The number of aliphatic hydroxyl groups excluding tert-OH is 1. The van der Waals surface area contributed by atoms with Crippen molar-refractivity contribution in [2.24, 2.45) is 0 Å². The molecule has 2 nitrogen and oxygen atoms in total. The first-order chi connectivity index (χ1) is 11.4. The van der Waals surface area contributed by atoms with Crippen LogP contribution in [0.15, 0.2) is 72.8 Å². The second-order valence-electron chi connectivity index (χ2n) is 7.10. The summed E-state index contributed by atoms with van der Waals surface area (Å²) in [5, 5.41) is 11.6. The average molecular weight is 341 g/mol. The number of hydrogen-bond acceptors (Lipinski definition) is 2. The van der Waals surface area contributed by atoms with Crippen LogP contribution in [0, 0.1) is 0 Å². The molecule has 0 fully saturated rings. The molecule has 0 amide bonds. The van der Waals surface area contributed by atoms with E-state index in [0.29, 0.717) is 0 Å². The van der Waals surface area contributed by atoms with Crippen LogP contribution in [-0.2, 0) is 4.43 Å². The van der Waals surface area contributed by atoms with Gasteiger partial charge in [0.15, 0.2) is 0 Å². The monoisotopic (exact) mass is 340 g/mol. The van der Waals surface area contributed by atoms with Crippen LogP contribution in [0.25, 0.3) is 0 Å². The Bertz CT molecular complexity index is 605. The molecule has 0 aliphatic rings. The van der Waals surface area contributed by atoms with E-state index in [4.69, 9.17) is 9.53 Å². The zero-order chi connectivity index (χ0) is 17.6. The number of benzene rings is 2. The summed E-state index contributed by atoms with van der Waals surface area (Å²) in [4.78, 5) is 0. The van der Waals surface area contributed by atoms with Crippen molar-refractivity contribution in [3.8, 4) is 0 Å². The Balaban J connectivity index is 2.64. The molecule has 2 rings (SSSR count). The van der Waals surface area contributed by atoms with E-state index >= 15 is 0 Å². The fourth-order valence-corrected chi connectivity index (χ4v) is 7.91. The van der Waals surface area contributed by atoms with Gasteiger partial charge in [-0.3, -0.25) is 0 Å². The smallest absolute Gasteiger partial charge is 0.261 e. The molecular weight excluding hydrogens is 312 g/mol. The minimum absolute atomic E-state index is 0.0307. The molecule has 0 unspecified atom stereocenters. The second kappa shape index (κ2) is 7.93. The maximum Gasteiger partial charge on any atom is 0.261 e. The lowest BCUT2D eigenvalue weighted by Crippen LogP contribution is -2.67. The summed E-state index contributed by atoms with van der Waals surface area (Å²) in [6, 6.07) is 21.2. The lowest BCUT2D eigenvalue weighted by molar-refractivity contribution is 0.250. The van der Waals surface area contributed by atoms with Crippen molar-refractivity contribution in [3.05, 3.63) is 72.8 Å². The Labute approximate surface area is 146 Å². The van der Waals surface area contributed by atoms with Gasteiger partial charge in [-0.15, -0.1) is 0 Å². The first-order valence-electron chi connectivity index (χ1n) is 8.48. The maximum absolute atomic E-state index is 9.08. The lowest BCUT2D eigenvalue weighted by atomic mass is 10.2. The Morgan fingerprint density at radius 1 is 0.958 bits per heavy atom. The first-order valence-corrected chi connectivity index (χ1v) is 10.4. The standard InChI is InChI=1S/C21H28O2Si/c1-18(12-11-17-22)23-24(21(2,3)4,19-13-7-5-8-14-19)20-15-9-6-10-16-20/h5-16,18,22H,17H2,1-4H3/b12-11-/t18-/m0/s1. The molecule has 2 aromatic carbocycles. The highest BCUT2D eigenvalue weighted by molar-refractivity contribution is 6.99. The molecule has 0 aliphatic carbocycles. The summed E-state index contributed by atoms with van der Waals surface area (Å²) in [5.74, 6) is 0. The highest BCUT2D eigenvalue weighted by Gasteiger charge is 2.50. The van der Waals surface area contributed by atoms with Crippen LogP contribution in [0.5, 0.6) is 0 Å². The minimum atomic E-state index is -2.50. The topological polar surface area (TPSA) is 29.5 Å². The van der Waals surface area contributed by atoms with Crippen LogP contribution in [0.4, 0.5) is 0 Å². The summed E-state index contributed by atoms with van der Waals surface area (Å²) in [5.41, 5.74) is 0. The van der Waals surface area contributed by atoms with Crippen LogP contribution in [0.3, 0.4) is 0 Å². The molecule has 0 heterocycles. The van der Waals surface area contributed by atoms with Crippen molar-refractivity contribution in [3.63, 3.8) is 0 Å². The predicted octanol–water partition coefficient (Wildman–Crippen LogP) is 3.50. The van der Waals surface area contributed by atoms with Gasteiger partial charge in [0.25, 0.3) is 8.32 Å². The first kappa shape index (κ1) is 18.7. The fraction of sp³-hybridized carbons (Fsp3) is 0.333. The zero-order valence-corrected chi connectivity index (χ0v) is 16.1. The molecule has 0 aromatic heterocycles. The Morgan fingerprint density at radius 3 is 1.79 bits per heavy atom. The van der Waals surface area contributed by atoms with E-state index in [1.54, 1.807) is 6.08 Å². The number of aliphatic hydroxyl groups is 1. The van der Waals surface area contributed by atoms with E-state index < -0.39 is 8.32 Å². The van der Waals surface area contributed by atoms with Crippen molar-refractivity contribution in [2.45, 2.75) is 38.8 Å². The molecule has 1 atom stereocenters. The molecule has 0 spiro atoms. The fourth-order valence-electron chi connectivity index (χ4n) is 3.26. The molecule has 24 heavy (non-hydrogen) atoms. The summed E-state index contributed by atoms with van der Waals surface area (Å²) >= 11 is 0. The van der Waals surface area contributed by atoms with Crippen molar-refractivity contribution >= 4 is 18.7 Å². The third-order valence-electron chi connectivity index (χ3n) is 4.29. The largest absolute Gasteiger partial charge is 0.401 e. The molecule has 1 N–H and O–H groups in total. The van der Waals surface area contributed by atoms with Gasteiger partial charge in [0, 0.05) is 0 Å². The van der Waals surface area contributed by atoms with E-state index in [9.17, 15) is 0 Å². The van der Waals surface area contributed by atoms with Crippen LogP contribution in [-0.4, -0.2) is 26.1 Å². The molecule has 0 aliphatic heterocycles. The van der Waals surface area contributed by atoms with Gasteiger partial charge in [0.05, 0.1) is 12.7 Å². The average Bonchev–Trinajstić information content (AvgIpc) is 2.58. The third kappa shape index (κ3) is 3.86. The highest BCUT2D eigenvalue weighted by Crippen LogP contribution is 2.37. The minimum Gasteiger partial charge on any atom is -0.401 e. The van der Waals surface area contributed by atoms with E-state index in [1.807, 2.05) is 25.1 Å². The molecule has 0 saturated carbocycles. The van der Waals surface area contributed by atoms with Gasteiger partial charge in [-0.25, -0.2) is 0 Å². The highest BCUT2D eigenvalue weighted by atomic mass is 28.4. The predicted molar refractivity (Wildman–Crippen MR) is 104 cm³/mol. The Kier molecular flexibility index (Phi) is 6.16. The maximum atomic E-state index is 9.08. The van der Waals surface area contributed by atoms with Crippen molar-refractivity contribution in [1.82, 2.24) is 0 Å². The van der Waals surface area contributed by atoms with Gasteiger partial charge in [-0.2, -0.15) is 0 Å². The van der Waals surface area contributed by atoms with E-state index in [0.717, 1.165) is 0 Å². The van der Waals surface area contributed by atoms with Gasteiger partial charge < -0.3 is 9.53 Å². The Hall–Kier alpha value is -1.68. The van der Waals surface area contributed by atoms with Crippen LogP contribution in [0.2, 0.25) is 5.04 Å². The molecular formula is C21H28O2Si. The third-order valence-corrected chi connectivity index (χ3v) is 9.42. The molecule has 3 heteroatoms. The van der Waals surface area contributed by atoms with Gasteiger partial charge in [-0.1, -0.05) is 93.6 Å². The van der Waals surface area contributed by atoms with Gasteiger partial charge in [0.1, 0.15) is 0 Å². The van der Waals surface area contributed by atoms with Gasteiger partial charge in [0.2, 0.25) is 0 Å². The van der Waals surface area contributed by atoms with Crippen molar-refractivity contribution in [2.75, 3.05) is 6.61 Å². The van der Waals surface area contributed by atoms with Crippen LogP contribution in [0.1, 0.15) is 27.7 Å². The normalized spacial score (nSPS) is 14.0. The second-order valence-corrected chi connectivity index (χ2v) is 11.3. The number of rotatable bonds is 6. The lowest BCUT2D eigenvalue weighted by Gasteiger charge is -2.44. The van der Waals surface area contributed by atoms with Crippen molar-refractivity contribution < 1.29 is 9.53 Å². The van der Waals surface area contributed by atoms with E-state index in [1.165, 1.54) is 10.4 Å². The van der Waals surface area contributed by atoms with Gasteiger partial charge in [-0.05, 0) is 22.3 Å². The molecule has 0 bridgehead atoms. The molecule has 128 valence electrons. The van der Waals surface area contributed by atoms with Crippen molar-refractivity contribution in [1.29, 1.82) is 0 Å². The summed E-state index contributed by atoms with van der Waals surface area (Å²) in [6.45, 7) is 8.88. The SMILES string of the molecule is C[C@@H](/C=C\CO)O[Si](c1ccccc1)(c1ccccc1)C(C)(C)C. The molecule has 0 saturated heterocycles. The van der Waals surface area contributed by atoms with Gasteiger partial charge >= 0.3 is 0 Å². The Morgan fingerprint density at radius 2 is 1.42 bits per heavy atom. The molecule has 2 aromatic rings. The van der Waals surface area contributed by atoms with Crippen LogP contribution < -0.4 is 10.4 Å². The summed E-state index contributed by atoms with van der Waals surface area (Å²) in [6.07, 6.45) is 3.63. The quantitative estimate of drug-likeness (QED) is 0.644. The van der Waals surface area contributed by atoms with E-state index in [-0.39, 0.29) is 17.7 Å². The number of hydrogen-bond donors (Lipinski definition) is 1. The summed E-state index contributed by atoms with van der Waals surface area (Å²) in [7, 11) is -2.50. The zero-order valence-electron chi connectivity index (χ0n) is 15.1. The van der Waals surface area contributed by atoms with E-state index in [2.05, 4.69) is 69.3 Å². The summed E-state index contributed by atoms with van der Waals surface area (Å²) < 4.78 is 6.82. The van der Waals surface area contributed by atoms with Crippen LogP contribution >= 0.6 is 0 Å². The molecule has 0 radical (unpaired) electrons.